The number of anilines is 3. The number of carbonyl (C=O) groups excluding carboxylic acids is 3. The molecule has 13 heteroatoms. The Morgan fingerprint density at radius 3 is 1.94 bits per heavy atom. The molecule has 3 amide bonds. The minimum absolute atomic E-state index is 0.0618. The van der Waals surface area contributed by atoms with E-state index < -0.39 is 33.4 Å². The highest BCUT2D eigenvalue weighted by Crippen LogP contribution is 2.28. The molecule has 1 atom stereocenters. The number of benzene rings is 4. The number of sulfonamides is 1. The van der Waals surface area contributed by atoms with E-state index in [1.54, 1.807) is 78.9 Å². The van der Waals surface area contributed by atoms with Crippen LogP contribution < -0.4 is 31.0 Å². The largest absolute Gasteiger partial charge is 0.348 e. The molecule has 4 aromatic carbocycles. The summed E-state index contributed by atoms with van der Waals surface area (Å²) in [6, 6.07) is 30.9. The van der Waals surface area contributed by atoms with Gasteiger partial charge >= 0.3 is 5.91 Å². The average molecular weight is 656 g/mol. The highest BCUT2D eigenvalue weighted by Gasteiger charge is 2.54. The fourth-order valence-electron chi connectivity index (χ4n) is 4.57. The number of para-hydroxylation sites is 2. The van der Waals surface area contributed by atoms with Crippen LogP contribution in [0.1, 0.15) is 31.1 Å². The minimum Gasteiger partial charge on any atom is -0.348 e. The third kappa shape index (κ3) is 8.60. The summed E-state index contributed by atoms with van der Waals surface area (Å²) in [6.07, 6.45) is 0. The molecule has 0 fully saturated rings. The third-order valence-corrected chi connectivity index (χ3v) is 8.10. The molecule has 0 saturated heterocycles. The van der Waals surface area contributed by atoms with Gasteiger partial charge < -0.3 is 21.3 Å². The van der Waals surface area contributed by atoms with Crippen molar-refractivity contribution in [3.63, 3.8) is 0 Å². The van der Waals surface area contributed by atoms with Crippen molar-refractivity contribution in [1.29, 1.82) is 0 Å². The zero-order valence-electron chi connectivity index (χ0n) is 26.2. The van der Waals surface area contributed by atoms with Gasteiger partial charge in [0.15, 0.2) is 5.84 Å². The van der Waals surface area contributed by atoms with Crippen LogP contribution in [-0.4, -0.2) is 50.7 Å². The Balaban J connectivity index is 0.000000930. The van der Waals surface area contributed by atoms with Crippen LogP contribution in [0, 0.1) is 0 Å². The molecular formula is C34H37N7O5S. The lowest BCUT2D eigenvalue weighted by Gasteiger charge is -2.31. The summed E-state index contributed by atoms with van der Waals surface area (Å²) in [5, 5.41) is 17.0. The molecule has 1 aliphatic rings. The molecule has 12 nitrogen and oxygen atoms in total. The molecule has 244 valence electrons. The van der Waals surface area contributed by atoms with E-state index in [0.717, 1.165) is 18.1 Å². The van der Waals surface area contributed by atoms with Crippen LogP contribution in [0.5, 0.6) is 0 Å². The number of carbonyl (C=O) groups is 3. The number of rotatable bonds is 10. The fraction of sp³-hybridized carbons (Fsp3) is 0.176. The lowest BCUT2D eigenvalue weighted by atomic mass is 10.1. The Morgan fingerprint density at radius 1 is 0.787 bits per heavy atom. The SMILES string of the molecule is CC(=O)NC1(Nc2ccccc2)C(=O)N(c2ccccc2)N=C1NC(=O)c1cccc(NS(=O)(=O)c2ccccc2)c1.CCNCC. The first-order valence-corrected chi connectivity index (χ1v) is 16.4. The minimum atomic E-state index is -3.90. The first-order valence-electron chi connectivity index (χ1n) is 14.9. The number of hydrogen-bond acceptors (Lipinski definition) is 8. The van der Waals surface area contributed by atoms with Crippen LogP contribution in [0.15, 0.2) is 125 Å². The number of nitrogens with zero attached hydrogens (tertiary/aromatic N) is 2. The first-order chi connectivity index (χ1) is 22.6. The summed E-state index contributed by atoms with van der Waals surface area (Å²) in [6.45, 7) is 7.63. The second-order valence-electron chi connectivity index (χ2n) is 10.2. The van der Waals surface area contributed by atoms with Crippen molar-refractivity contribution in [2.24, 2.45) is 5.10 Å². The predicted octanol–water partition coefficient (Wildman–Crippen LogP) is 4.14. The van der Waals surface area contributed by atoms with Gasteiger partial charge in [0.1, 0.15) is 0 Å². The van der Waals surface area contributed by atoms with Gasteiger partial charge in [-0.1, -0.05) is 74.5 Å². The van der Waals surface area contributed by atoms with E-state index in [9.17, 15) is 22.8 Å². The molecule has 1 heterocycles. The zero-order chi connectivity index (χ0) is 33.9. The van der Waals surface area contributed by atoms with Gasteiger partial charge in [-0.2, -0.15) is 5.01 Å². The molecule has 5 N–H and O–H groups in total. The molecule has 1 aliphatic heterocycles. The van der Waals surface area contributed by atoms with Gasteiger partial charge in [-0.05, 0) is 67.7 Å². The third-order valence-electron chi connectivity index (χ3n) is 6.70. The van der Waals surface area contributed by atoms with Crippen molar-refractivity contribution < 1.29 is 22.8 Å². The van der Waals surface area contributed by atoms with E-state index in [1.807, 2.05) is 0 Å². The summed E-state index contributed by atoms with van der Waals surface area (Å²) in [5.74, 6) is -2.09. The first kappa shape index (κ1) is 34.3. The molecule has 0 radical (unpaired) electrons. The Bertz CT molecular complexity index is 1820. The number of amidine groups is 1. The molecule has 5 rings (SSSR count). The number of hydrazone groups is 1. The van der Waals surface area contributed by atoms with E-state index in [1.165, 1.54) is 43.3 Å². The van der Waals surface area contributed by atoms with Crippen LogP contribution in [0.3, 0.4) is 0 Å². The van der Waals surface area contributed by atoms with Crippen LogP contribution in [0.25, 0.3) is 0 Å². The second kappa shape index (κ2) is 15.7. The normalized spacial score (nSPS) is 15.5. The summed E-state index contributed by atoms with van der Waals surface area (Å²) < 4.78 is 28.1. The van der Waals surface area contributed by atoms with Crippen LogP contribution in [-0.2, 0) is 19.6 Å². The molecule has 0 saturated carbocycles. The van der Waals surface area contributed by atoms with Crippen LogP contribution in [0.4, 0.5) is 17.1 Å². The summed E-state index contributed by atoms with van der Waals surface area (Å²) in [5.41, 5.74) is -0.849. The molecule has 1 unspecified atom stereocenters. The van der Waals surface area contributed by atoms with Crippen LogP contribution in [0.2, 0.25) is 0 Å². The van der Waals surface area contributed by atoms with Gasteiger partial charge in [0.2, 0.25) is 5.91 Å². The lowest BCUT2D eigenvalue weighted by Crippen LogP contribution is -2.67. The molecule has 0 aliphatic carbocycles. The van der Waals surface area contributed by atoms with Gasteiger partial charge in [-0.3, -0.25) is 19.1 Å². The van der Waals surface area contributed by atoms with E-state index in [2.05, 4.69) is 44.9 Å². The Morgan fingerprint density at radius 2 is 1.36 bits per heavy atom. The van der Waals surface area contributed by atoms with Crippen LogP contribution >= 0.6 is 0 Å². The van der Waals surface area contributed by atoms with E-state index in [0.29, 0.717) is 11.4 Å². The van der Waals surface area contributed by atoms with E-state index in [-0.39, 0.29) is 22.0 Å². The highest BCUT2D eigenvalue weighted by atomic mass is 32.2. The summed E-state index contributed by atoms with van der Waals surface area (Å²) in [7, 11) is -3.90. The van der Waals surface area contributed by atoms with Crippen molar-refractivity contribution in [2.45, 2.75) is 31.3 Å². The summed E-state index contributed by atoms with van der Waals surface area (Å²) in [4.78, 5) is 40.0. The highest BCUT2D eigenvalue weighted by molar-refractivity contribution is 7.92. The van der Waals surface area contributed by atoms with Crippen molar-refractivity contribution in [3.05, 3.63) is 121 Å². The van der Waals surface area contributed by atoms with Crippen molar-refractivity contribution in [1.82, 2.24) is 16.0 Å². The fourth-order valence-corrected chi connectivity index (χ4v) is 5.64. The second-order valence-corrected chi connectivity index (χ2v) is 11.9. The molecule has 0 spiro atoms. The maximum absolute atomic E-state index is 13.9. The summed E-state index contributed by atoms with van der Waals surface area (Å²) >= 11 is 0. The van der Waals surface area contributed by atoms with E-state index in [4.69, 9.17) is 0 Å². The maximum atomic E-state index is 13.9. The van der Waals surface area contributed by atoms with Gasteiger partial charge in [0.25, 0.3) is 21.6 Å². The monoisotopic (exact) mass is 655 g/mol. The van der Waals surface area contributed by atoms with Crippen molar-refractivity contribution in [3.8, 4) is 0 Å². The van der Waals surface area contributed by atoms with Gasteiger partial charge in [0, 0.05) is 23.9 Å². The number of amides is 3. The number of nitrogens with one attached hydrogen (secondary N) is 5. The number of hydrogen-bond donors (Lipinski definition) is 5. The molecule has 4 aromatic rings. The van der Waals surface area contributed by atoms with E-state index >= 15 is 0 Å². The Kier molecular flexibility index (Phi) is 11.4. The Labute approximate surface area is 274 Å². The average Bonchev–Trinajstić information content (AvgIpc) is 3.32. The topological polar surface area (TPSA) is 161 Å². The molecule has 0 aromatic heterocycles. The van der Waals surface area contributed by atoms with Gasteiger partial charge in [-0.15, -0.1) is 5.10 Å². The quantitative estimate of drug-likeness (QED) is 0.161. The van der Waals surface area contributed by atoms with Crippen molar-refractivity contribution in [2.75, 3.05) is 28.1 Å². The standard InChI is InChI=1S/C30H26N6O5S.C4H11N/c1-21(37)32-30(33-23-13-5-2-6-14-23)28(34-36(29(30)39)25-16-7-3-8-17-25)31-27(38)22-12-11-15-24(20-22)35-42(40,41)26-18-9-4-10-19-26;1-3-5-4-2/h2-20,33,35H,1H3,(H,32,37)(H,31,34,38);5H,3-4H2,1-2H3. The zero-order valence-corrected chi connectivity index (χ0v) is 27.0. The van der Waals surface area contributed by atoms with Gasteiger partial charge in [-0.25, -0.2) is 8.42 Å². The lowest BCUT2D eigenvalue weighted by molar-refractivity contribution is -0.127. The molecular weight excluding hydrogens is 618 g/mol. The molecule has 47 heavy (non-hydrogen) atoms. The smallest absolute Gasteiger partial charge is 0.302 e. The van der Waals surface area contributed by atoms with Crippen molar-refractivity contribution >= 4 is 50.6 Å². The predicted molar refractivity (Wildman–Crippen MR) is 183 cm³/mol. The van der Waals surface area contributed by atoms with Gasteiger partial charge in [0.05, 0.1) is 10.6 Å². The Hall–Kier alpha value is -5.53. The molecule has 0 bridgehead atoms. The maximum Gasteiger partial charge on any atom is 0.302 e.